The highest BCUT2D eigenvalue weighted by Crippen LogP contribution is 2.30. The number of nitrogens with one attached hydrogen (secondary N) is 1. The van der Waals surface area contributed by atoms with Crippen LogP contribution in [0.4, 0.5) is 11.4 Å². The molecule has 1 aromatic heterocycles. The first-order valence-electron chi connectivity index (χ1n) is 6.10. The van der Waals surface area contributed by atoms with Gasteiger partial charge < -0.3 is 9.73 Å². The molecule has 0 unspecified atom stereocenters. The van der Waals surface area contributed by atoms with E-state index in [1.165, 1.54) is 0 Å². The van der Waals surface area contributed by atoms with E-state index in [-0.39, 0.29) is 0 Å². The summed E-state index contributed by atoms with van der Waals surface area (Å²) in [5, 5.41) is 4.47. The van der Waals surface area contributed by atoms with Gasteiger partial charge in [0.2, 0.25) is 0 Å². The van der Waals surface area contributed by atoms with Crippen molar-refractivity contribution < 1.29 is 4.42 Å². The Balaban J connectivity index is 2.22. The molecule has 2 aromatic carbocycles. The summed E-state index contributed by atoms with van der Waals surface area (Å²) in [5.41, 5.74) is 3.81. The van der Waals surface area contributed by atoms with Gasteiger partial charge in [0, 0.05) is 16.6 Å². The summed E-state index contributed by atoms with van der Waals surface area (Å²) in [4.78, 5) is 0. The molecule has 94 valence electrons. The van der Waals surface area contributed by atoms with Crippen molar-refractivity contribution >= 4 is 34.6 Å². The summed E-state index contributed by atoms with van der Waals surface area (Å²) in [5.74, 6) is 0. The summed E-state index contributed by atoms with van der Waals surface area (Å²) in [6.07, 6.45) is 0. The van der Waals surface area contributed by atoms with Crippen LogP contribution < -0.4 is 5.32 Å². The van der Waals surface area contributed by atoms with Gasteiger partial charge >= 0.3 is 0 Å². The quantitative estimate of drug-likeness (QED) is 0.645. The molecule has 0 bridgehead atoms. The van der Waals surface area contributed by atoms with E-state index >= 15 is 0 Å². The van der Waals surface area contributed by atoms with E-state index in [9.17, 15) is 0 Å². The summed E-state index contributed by atoms with van der Waals surface area (Å²) < 4.78 is 6.17. The van der Waals surface area contributed by atoms with Crippen molar-refractivity contribution in [2.45, 2.75) is 6.92 Å². The third-order valence-electron chi connectivity index (χ3n) is 3.08. The molecule has 1 N–H and O–H groups in total. The van der Waals surface area contributed by atoms with Crippen LogP contribution in [0.5, 0.6) is 0 Å². The van der Waals surface area contributed by atoms with Gasteiger partial charge in [0.15, 0.2) is 4.71 Å². The molecule has 0 aliphatic rings. The van der Waals surface area contributed by atoms with Crippen LogP contribution in [-0.2, 0) is 0 Å². The zero-order chi connectivity index (χ0) is 13.2. The zero-order valence-corrected chi connectivity index (χ0v) is 11.3. The molecule has 0 spiro atoms. The van der Waals surface area contributed by atoms with Crippen molar-refractivity contribution in [3.8, 4) is 0 Å². The fourth-order valence-electron chi connectivity index (χ4n) is 2.07. The van der Waals surface area contributed by atoms with Crippen LogP contribution in [0.2, 0.25) is 0 Å². The molecule has 0 aliphatic carbocycles. The Morgan fingerprint density at radius 2 is 1.63 bits per heavy atom. The molecule has 0 saturated carbocycles. The summed E-state index contributed by atoms with van der Waals surface area (Å²) in [6.45, 7) is 1.98. The van der Waals surface area contributed by atoms with E-state index in [1.54, 1.807) is 0 Å². The third-order valence-corrected chi connectivity index (χ3v) is 3.47. The Labute approximate surface area is 116 Å². The van der Waals surface area contributed by atoms with Gasteiger partial charge in [-0.1, -0.05) is 30.3 Å². The number of hydrogen-bond donors (Lipinski definition) is 1. The molecule has 1 heterocycles. The number of fused-ring (bicyclic) bond motifs is 1. The number of rotatable bonds is 2. The number of benzene rings is 2. The maximum absolute atomic E-state index is 5.65. The van der Waals surface area contributed by atoms with Gasteiger partial charge in [-0.25, -0.2) is 0 Å². The molecule has 3 aromatic rings. The van der Waals surface area contributed by atoms with Crippen molar-refractivity contribution in [1.29, 1.82) is 0 Å². The Morgan fingerprint density at radius 1 is 0.947 bits per heavy atom. The fraction of sp³-hybridized carbons (Fsp3) is 0.0625. The molecule has 0 aliphatic heterocycles. The molecular formula is C16H13NOS. The second-order valence-corrected chi connectivity index (χ2v) is 4.75. The maximum atomic E-state index is 5.65. The summed E-state index contributed by atoms with van der Waals surface area (Å²) >= 11 is 5.28. The predicted molar refractivity (Wildman–Crippen MR) is 81.5 cm³/mol. The second-order valence-electron chi connectivity index (χ2n) is 4.38. The van der Waals surface area contributed by atoms with E-state index in [0.29, 0.717) is 4.71 Å². The normalized spacial score (nSPS) is 10.6. The van der Waals surface area contributed by atoms with Gasteiger partial charge in [-0.05, 0) is 43.4 Å². The lowest BCUT2D eigenvalue weighted by Gasteiger charge is -2.12. The minimum Gasteiger partial charge on any atom is -0.445 e. The average Bonchev–Trinajstić information content (AvgIpc) is 2.45. The van der Waals surface area contributed by atoms with Gasteiger partial charge in [0.1, 0.15) is 5.58 Å². The van der Waals surface area contributed by atoms with Crippen molar-refractivity contribution in [2.75, 3.05) is 5.32 Å². The maximum Gasteiger partial charge on any atom is 0.195 e. The summed E-state index contributed by atoms with van der Waals surface area (Å²) in [6, 6.07) is 18.0. The van der Waals surface area contributed by atoms with E-state index < -0.39 is 0 Å². The standard InChI is InChI=1S/C16H13NOS/c1-11-15(17-12-7-3-2-4-8-12)13-9-5-6-10-14(13)18-16(11)19/h2-10,17H,1H3. The van der Waals surface area contributed by atoms with Crippen molar-refractivity contribution in [3.05, 3.63) is 64.9 Å². The molecule has 19 heavy (non-hydrogen) atoms. The molecule has 0 fully saturated rings. The molecular weight excluding hydrogens is 254 g/mol. The molecule has 3 rings (SSSR count). The topological polar surface area (TPSA) is 25.2 Å². The molecule has 0 atom stereocenters. The number of anilines is 2. The zero-order valence-electron chi connectivity index (χ0n) is 10.5. The number of hydrogen-bond acceptors (Lipinski definition) is 3. The summed E-state index contributed by atoms with van der Waals surface area (Å²) in [7, 11) is 0. The van der Waals surface area contributed by atoms with Gasteiger partial charge in [-0.2, -0.15) is 0 Å². The van der Waals surface area contributed by atoms with Gasteiger partial charge in [0.05, 0.1) is 5.69 Å². The lowest BCUT2D eigenvalue weighted by Crippen LogP contribution is -1.95. The van der Waals surface area contributed by atoms with E-state index in [0.717, 1.165) is 27.9 Å². The first-order valence-corrected chi connectivity index (χ1v) is 6.51. The highest BCUT2D eigenvalue weighted by Gasteiger charge is 2.08. The van der Waals surface area contributed by atoms with E-state index in [1.807, 2.05) is 61.5 Å². The lowest BCUT2D eigenvalue weighted by molar-refractivity contribution is 0.582. The van der Waals surface area contributed by atoms with Crippen LogP contribution in [0, 0.1) is 11.6 Å². The Morgan fingerprint density at radius 3 is 2.42 bits per heavy atom. The molecule has 3 heteroatoms. The van der Waals surface area contributed by atoms with Crippen LogP contribution in [0.25, 0.3) is 11.0 Å². The predicted octanol–water partition coefficient (Wildman–Crippen LogP) is 5.21. The molecule has 0 amide bonds. The van der Waals surface area contributed by atoms with Gasteiger partial charge in [-0.3, -0.25) is 0 Å². The van der Waals surface area contributed by atoms with Crippen LogP contribution in [0.1, 0.15) is 5.56 Å². The van der Waals surface area contributed by atoms with Crippen LogP contribution >= 0.6 is 12.2 Å². The van der Waals surface area contributed by atoms with Gasteiger partial charge in [-0.15, -0.1) is 0 Å². The average molecular weight is 267 g/mol. The molecule has 0 saturated heterocycles. The molecule has 0 radical (unpaired) electrons. The lowest BCUT2D eigenvalue weighted by atomic mass is 10.1. The highest BCUT2D eigenvalue weighted by molar-refractivity contribution is 7.71. The number of para-hydroxylation sites is 2. The van der Waals surface area contributed by atoms with Gasteiger partial charge in [0.25, 0.3) is 0 Å². The van der Waals surface area contributed by atoms with Crippen molar-refractivity contribution in [3.63, 3.8) is 0 Å². The van der Waals surface area contributed by atoms with Crippen molar-refractivity contribution in [1.82, 2.24) is 0 Å². The monoisotopic (exact) mass is 267 g/mol. The van der Waals surface area contributed by atoms with Crippen molar-refractivity contribution in [2.24, 2.45) is 0 Å². The fourth-order valence-corrected chi connectivity index (χ4v) is 2.26. The van der Waals surface area contributed by atoms with E-state index in [4.69, 9.17) is 16.6 Å². The first kappa shape index (κ1) is 11.9. The SMILES string of the molecule is Cc1c(Nc2ccccc2)c2ccccc2oc1=S. The van der Waals surface area contributed by atoms with Crippen LogP contribution in [0.3, 0.4) is 0 Å². The van der Waals surface area contributed by atoms with Crippen LogP contribution in [-0.4, -0.2) is 0 Å². The Kier molecular flexibility index (Phi) is 3.05. The molecule has 2 nitrogen and oxygen atoms in total. The smallest absolute Gasteiger partial charge is 0.195 e. The largest absolute Gasteiger partial charge is 0.445 e. The Hall–Kier alpha value is -2.13. The Bertz CT molecular complexity index is 778. The highest BCUT2D eigenvalue weighted by atomic mass is 32.1. The minimum absolute atomic E-state index is 0.525. The third kappa shape index (κ3) is 2.25. The van der Waals surface area contributed by atoms with E-state index in [2.05, 4.69) is 5.32 Å². The van der Waals surface area contributed by atoms with Crippen LogP contribution in [0.15, 0.2) is 59.0 Å². The first-order chi connectivity index (χ1) is 9.25. The second kappa shape index (κ2) is 4.86. The minimum atomic E-state index is 0.525.